The van der Waals surface area contributed by atoms with Crippen molar-refractivity contribution in [2.45, 2.75) is 32.3 Å². The first-order chi connectivity index (χ1) is 16.3. The van der Waals surface area contributed by atoms with Gasteiger partial charge in [0, 0.05) is 26.7 Å². The van der Waals surface area contributed by atoms with Crippen molar-refractivity contribution in [1.82, 2.24) is 9.80 Å². The van der Waals surface area contributed by atoms with E-state index in [9.17, 15) is 18.7 Å². The Labute approximate surface area is 203 Å². The molecular weight excluding hydrogens is 458 g/mol. The lowest BCUT2D eigenvalue weighted by Gasteiger charge is -2.43. The van der Waals surface area contributed by atoms with Crippen LogP contribution in [0.4, 0.5) is 8.78 Å². The average Bonchev–Trinajstić information content (AvgIpc) is 2.79. The second-order valence-electron chi connectivity index (χ2n) is 8.01. The number of carbonyl (C=O) groups is 1. The van der Waals surface area contributed by atoms with Crippen LogP contribution in [0.1, 0.15) is 25.0 Å². The van der Waals surface area contributed by atoms with Crippen molar-refractivity contribution in [3.05, 3.63) is 94.3 Å². The quantitative estimate of drug-likeness (QED) is 0.466. The van der Waals surface area contributed by atoms with Gasteiger partial charge in [-0.05, 0) is 59.7 Å². The third kappa shape index (κ3) is 6.39. The molecule has 1 N–H and O–H groups in total. The molecule has 0 saturated carbocycles. The highest BCUT2D eigenvalue weighted by atomic mass is 32.2. The molecule has 182 valence electrons. The summed E-state index contributed by atoms with van der Waals surface area (Å²) in [5.41, 5.74) is 2.64. The SMILES string of the molecule is CCSC1C(C(=O)O)=C(C)C=C(N(CCOC)Cc2ccc(F)cc2)N1Cc1cccc(F)c1. The van der Waals surface area contributed by atoms with Crippen LogP contribution in [0.25, 0.3) is 0 Å². The monoisotopic (exact) mass is 488 g/mol. The third-order valence-corrected chi connectivity index (χ3v) is 6.71. The molecular formula is C26H30F2N2O3S. The van der Waals surface area contributed by atoms with Gasteiger partial charge in [0.1, 0.15) is 22.8 Å². The number of nitrogens with zero attached hydrogens (tertiary/aromatic N) is 2. The van der Waals surface area contributed by atoms with Crippen molar-refractivity contribution >= 4 is 17.7 Å². The third-order valence-electron chi connectivity index (χ3n) is 5.57. The van der Waals surface area contributed by atoms with E-state index in [-0.39, 0.29) is 11.6 Å². The predicted molar refractivity (Wildman–Crippen MR) is 131 cm³/mol. The summed E-state index contributed by atoms with van der Waals surface area (Å²) in [5, 5.41) is 9.55. The van der Waals surface area contributed by atoms with E-state index in [0.29, 0.717) is 43.1 Å². The zero-order chi connectivity index (χ0) is 24.7. The van der Waals surface area contributed by atoms with Crippen molar-refractivity contribution in [3.63, 3.8) is 0 Å². The fraction of sp³-hybridized carbons (Fsp3) is 0.346. The molecule has 1 aliphatic heterocycles. The highest BCUT2D eigenvalue weighted by molar-refractivity contribution is 8.00. The lowest BCUT2D eigenvalue weighted by atomic mass is 10.0. The highest BCUT2D eigenvalue weighted by Gasteiger charge is 2.35. The molecule has 2 aromatic rings. The van der Waals surface area contributed by atoms with E-state index in [1.165, 1.54) is 36.0 Å². The first-order valence-corrected chi connectivity index (χ1v) is 12.2. The Kier molecular flexibility index (Phi) is 9.12. The van der Waals surface area contributed by atoms with Gasteiger partial charge in [-0.25, -0.2) is 13.6 Å². The van der Waals surface area contributed by atoms with E-state index in [1.54, 1.807) is 32.2 Å². The molecule has 1 aliphatic rings. The first-order valence-electron chi connectivity index (χ1n) is 11.1. The Hall–Kier alpha value is -2.84. The van der Waals surface area contributed by atoms with Crippen LogP contribution in [0.3, 0.4) is 0 Å². The minimum absolute atomic E-state index is 0.305. The first kappa shape index (κ1) is 25.8. The van der Waals surface area contributed by atoms with Crippen LogP contribution >= 0.6 is 11.8 Å². The molecule has 2 aromatic carbocycles. The zero-order valence-electron chi connectivity index (χ0n) is 19.6. The summed E-state index contributed by atoms with van der Waals surface area (Å²) in [4.78, 5) is 16.3. The van der Waals surface area contributed by atoms with E-state index in [0.717, 1.165) is 16.9 Å². The number of ether oxygens (including phenoxy) is 1. The van der Waals surface area contributed by atoms with Gasteiger partial charge >= 0.3 is 5.97 Å². The molecule has 3 rings (SSSR count). The maximum absolute atomic E-state index is 14.0. The second kappa shape index (κ2) is 12.0. The Morgan fingerprint density at radius 1 is 1.15 bits per heavy atom. The summed E-state index contributed by atoms with van der Waals surface area (Å²) in [6, 6.07) is 12.7. The molecule has 0 aromatic heterocycles. The number of benzene rings is 2. The summed E-state index contributed by atoms with van der Waals surface area (Å²) in [6.07, 6.45) is 1.87. The fourth-order valence-corrected chi connectivity index (χ4v) is 5.12. The molecule has 0 fully saturated rings. The smallest absolute Gasteiger partial charge is 0.334 e. The molecule has 34 heavy (non-hydrogen) atoms. The maximum atomic E-state index is 14.0. The lowest BCUT2D eigenvalue weighted by Crippen LogP contribution is -2.45. The number of carboxylic acid groups (broad SMARTS) is 1. The van der Waals surface area contributed by atoms with Crippen molar-refractivity contribution in [2.75, 3.05) is 26.0 Å². The molecule has 8 heteroatoms. The molecule has 0 aliphatic carbocycles. The molecule has 0 amide bonds. The van der Waals surface area contributed by atoms with Crippen molar-refractivity contribution in [2.24, 2.45) is 0 Å². The summed E-state index contributed by atoms with van der Waals surface area (Å²) >= 11 is 1.52. The largest absolute Gasteiger partial charge is 0.478 e. The number of hydrogen-bond acceptors (Lipinski definition) is 5. The molecule has 1 atom stereocenters. The molecule has 0 radical (unpaired) electrons. The Morgan fingerprint density at radius 3 is 2.50 bits per heavy atom. The van der Waals surface area contributed by atoms with Gasteiger partial charge < -0.3 is 19.6 Å². The van der Waals surface area contributed by atoms with Crippen LogP contribution in [-0.2, 0) is 22.6 Å². The van der Waals surface area contributed by atoms with Gasteiger partial charge in [-0.15, -0.1) is 11.8 Å². The topological polar surface area (TPSA) is 53.0 Å². The van der Waals surface area contributed by atoms with Gasteiger partial charge in [0.15, 0.2) is 0 Å². The van der Waals surface area contributed by atoms with E-state index in [4.69, 9.17) is 4.74 Å². The summed E-state index contributed by atoms with van der Waals surface area (Å²) in [5.74, 6) is -0.0878. The van der Waals surface area contributed by atoms with Gasteiger partial charge in [-0.1, -0.05) is 31.2 Å². The van der Waals surface area contributed by atoms with E-state index in [1.807, 2.05) is 24.0 Å². The Bertz CT molecular complexity index is 1060. The number of hydrogen-bond donors (Lipinski definition) is 1. The highest BCUT2D eigenvalue weighted by Crippen LogP contribution is 2.37. The Balaban J connectivity index is 2.07. The molecule has 1 unspecified atom stereocenters. The lowest BCUT2D eigenvalue weighted by molar-refractivity contribution is -0.133. The minimum atomic E-state index is -0.968. The van der Waals surface area contributed by atoms with Crippen molar-refractivity contribution in [1.29, 1.82) is 0 Å². The van der Waals surface area contributed by atoms with E-state index in [2.05, 4.69) is 4.90 Å². The molecule has 0 spiro atoms. The molecule has 0 bridgehead atoms. The second-order valence-corrected chi connectivity index (χ2v) is 9.37. The van der Waals surface area contributed by atoms with Crippen LogP contribution < -0.4 is 0 Å². The van der Waals surface area contributed by atoms with Gasteiger partial charge in [-0.3, -0.25) is 0 Å². The number of methoxy groups -OCH3 is 1. The number of allylic oxidation sites excluding steroid dienone is 2. The standard InChI is InChI=1S/C26H30F2N2O3S/c1-4-34-25-24(26(31)32)18(2)14-23(30(25)17-20-6-5-7-22(28)15-20)29(12-13-33-3)16-19-8-10-21(27)11-9-19/h5-11,14-15,25H,4,12-13,16-17H2,1-3H3,(H,31,32). The number of thioether (sulfide) groups is 1. The van der Waals surface area contributed by atoms with Crippen molar-refractivity contribution < 1.29 is 23.4 Å². The maximum Gasteiger partial charge on any atom is 0.334 e. The average molecular weight is 489 g/mol. The van der Waals surface area contributed by atoms with Crippen LogP contribution in [-0.4, -0.2) is 52.3 Å². The number of halogens is 2. The molecule has 5 nitrogen and oxygen atoms in total. The predicted octanol–water partition coefficient (Wildman–Crippen LogP) is 5.25. The van der Waals surface area contributed by atoms with Crippen LogP contribution in [0.5, 0.6) is 0 Å². The van der Waals surface area contributed by atoms with Crippen LogP contribution in [0.15, 0.2) is 71.6 Å². The summed E-state index contributed by atoms with van der Waals surface area (Å²) < 4.78 is 32.8. The Morgan fingerprint density at radius 2 is 1.88 bits per heavy atom. The normalized spacial score (nSPS) is 16.0. The zero-order valence-corrected chi connectivity index (χ0v) is 20.4. The van der Waals surface area contributed by atoms with Crippen molar-refractivity contribution in [3.8, 4) is 0 Å². The minimum Gasteiger partial charge on any atom is -0.478 e. The molecule has 0 saturated heterocycles. The van der Waals surface area contributed by atoms with Gasteiger partial charge in [-0.2, -0.15) is 0 Å². The fourth-order valence-electron chi connectivity index (χ4n) is 3.99. The molecule has 1 heterocycles. The van der Waals surface area contributed by atoms with Crippen LogP contribution in [0.2, 0.25) is 0 Å². The van der Waals surface area contributed by atoms with Gasteiger partial charge in [0.05, 0.1) is 12.2 Å². The number of carboxylic acids is 1. The van der Waals surface area contributed by atoms with Gasteiger partial charge in [0.25, 0.3) is 0 Å². The summed E-state index contributed by atoms with van der Waals surface area (Å²) in [6.45, 7) is 5.59. The van der Waals surface area contributed by atoms with Crippen LogP contribution in [0, 0.1) is 11.6 Å². The summed E-state index contributed by atoms with van der Waals surface area (Å²) in [7, 11) is 1.62. The number of rotatable bonds is 11. The van der Waals surface area contributed by atoms with E-state index < -0.39 is 11.3 Å². The van der Waals surface area contributed by atoms with Gasteiger partial charge in [0.2, 0.25) is 0 Å². The van der Waals surface area contributed by atoms with E-state index >= 15 is 0 Å². The number of aliphatic carboxylic acids is 1.